The van der Waals surface area contributed by atoms with E-state index in [0.717, 1.165) is 10.9 Å². The van der Waals surface area contributed by atoms with Crippen LogP contribution in [0.4, 0.5) is 4.39 Å². The highest BCUT2D eigenvalue weighted by Gasteiger charge is 2.14. The molecule has 1 N–H and O–H groups in total. The van der Waals surface area contributed by atoms with Crippen LogP contribution in [-0.2, 0) is 0 Å². The van der Waals surface area contributed by atoms with Crippen LogP contribution >= 0.6 is 11.6 Å². The first-order valence-corrected chi connectivity index (χ1v) is 6.08. The number of hydrogen-bond acceptors (Lipinski definition) is 3. The maximum absolute atomic E-state index is 13.5. The van der Waals surface area contributed by atoms with Crippen molar-refractivity contribution in [1.29, 1.82) is 0 Å². The summed E-state index contributed by atoms with van der Waals surface area (Å²) in [5, 5.41) is 7.71. The van der Waals surface area contributed by atoms with Gasteiger partial charge in [-0.2, -0.15) is 5.10 Å². The van der Waals surface area contributed by atoms with Crippen molar-refractivity contribution in [2.75, 3.05) is 0 Å². The summed E-state index contributed by atoms with van der Waals surface area (Å²) in [6, 6.07) is 3.58. The standard InChI is InChI=1S/C13H10ClFN4/c1-6-3-8-11(18-19-13(8)16-5-6)9-4-7(2)10(15)12(14)17-9/h3-5H,1-2H3,(H,16,18,19). The van der Waals surface area contributed by atoms with E-state index in [1.807, 2.05) is 13.0 Å². The fraction of sp³-hybridized carbons (Fsp3) is 0.154. The van der Waals surface area contributed by atoms with Crippen molar-refractivity contribution in [2.24, 2.45) is 0 Å². The first kappa shape index (κ1) is 12.0. The third-order valence-electron chi connectivity index (χ3n) is 2.89. The number of halogens is 2. The highest BCUT2D eigenvalue weighted by molar-refractivity contribution is 6.29. The second-order valence-corrected chi connectivity index (χ2v) is 4.77. The van der Waals surface area contributed by atoms with E-state index in [4.69, 9.17) is 11.6 Å². The van der Waals surface area contributed by atoms with Gasteiger partial charge in [-0.25, -0.2) is 14.4 Å². The number of pyridine rings is 2. The molecule has 96 valence electrons. The predicted molar refractivity (Wildman–Crippen MR) is 71.6 cm³/mol. The fourth-order valence-corrected chi connectivity index (χ4v) is 2.18. The lowest BCUT2D eigenvalue weighted by atomic mass is 10.1. The van der Waals surface area contributed by atoms with Crippen LogP contribution in [0.1, 0.15) is 11.1 Å². The van der Waals surface area contributed by atoms with Gasteiger partial charge in [0.05, 0.1) is 5.69 Å². The van der Waals surface area contributed by atoms with Gasteiger partial charge in [0.2, 0.25) is 0 Å². The number of fused-ring (bicyclic) bond motifs is 1. The van der Waals surface area contributed by atoms with E-state index in [0.29, 0.717) is 22.6 Å². The smallest absolute Gasteiger partial charge is 0.165 e. The van der Waals surface area contributed by atoms with Crippen LogP contribution in [0.25, 0.3) is 22.4 Å². The van der Waals surface area contributed by atoms with Gasteiger partial charge in [0, 0.05) is 11.6 Å². The average Bonchev–Trinajstić information content (AvgIpc) is 2.78. The molecule has 0 saturated heterocycles. The summed E-state index contributed by atoms with van der Waals surface area (Å²) in [6.07, 6.45) is 1.75. The van der Waals surface area contributed by atoms with Gasteiger partial charge in [0.1, 0.15) is 5.69 Å². The number of H-pyrrole nitrogens is 1. The monoisotopic (exact) mass is 276 g/mol. The Kier molecular flexibility index (Phi) is 2.71. The average molecular weight is 277 g/mol. The van der Waals surface area contributed by atoms with E-state index < -0.39 is 5.82 Å². The minimum atomic E-state index is -0.500. The third kappa shape index (κ3) is 1.96. The van der Waals surface area contributed by atoms with Gasteiger partial charge in [0.25, 0.3) is 0 Å². The van der Waals surface area contributed by atoms with Gasteiger partial charge >= 0.3 is 0 Å². The minimum absolute atomic E-state index is 0.147. The van der Waals surface area contributed by atoms with Crippen molar-refractivity contribution in [1.82, 2.24) is 20.2 Å². The molecule has 3 aromatic rings. The first-order valence-electron chi connectivity index (χ1n) is 5.70. The topological polar surface area (TPSA) is 54.5 Å². The van der Waals surface area contributed by atoms with Crippen LogP contribution in [0.5, 0.6) is 0 Å². The fourth-order valence-electron chi connectivity index (χ4n) is 1.94. The summed E-state index contributed by atoms with van der Waals surface area (Å²) in [6.45, 7) is 3.59. The molecule has 0 atom stereocenters. The van der Waals surface area contributed by atoms with E-state index in [-0.39, 0.29) is 5.15 Å². The molecule has 0 saturated carbocycles. The lowest BCUT2D eigenvalue weighted by Crippen LogP contribution is -1.92. The highest BCUT2D eigenvalue weighted by atomic mass is 35.5. The van der Waals surface area contributed by atoms with Gasteiger partial charge in [-0.15, -0.1) is 0 Å². The van der Waals surface area contributed by atoms with Crippen LogP contribution in [0.15, 0.2) is 18.3 Å². The zero-order chi connectivity index (χ0) is 13.6. The number of aromatic nitrogens is 4. The van der Waals surface area contributed by atoms with Crippen molar-refractivity contribution in [3.8, 4) is 11.4 Å². The van der Waals surface area contributed by atoms with Crippen molar-refractivity contribution in [3.63, 3.8) is 0 Å². The molecule has 6 heteroatoms. The van der Waals surface area contributed by atoms with E-state index in [1.165, 1.54) is 0 Å². The van der Waals surface area contributed by atoms with Crippen LogP contribution in [0, 0.1) is 19.7 Å². The molecular weight excluding hydrogens is 267 g/mol. The van der Waals surface area contributed by atoms with Crippen LogP contribution < -0.4 is 0 Å². The van der Waals surface area contributed by atoms with Gasteiger partial charge < -0.3 is 0 Å². The van der Waals surface area contributed by atoms with E-state index in [1.54, 1.807) is 19.2 Å². The summed E-state index contributed by atoms with van der Waals surface area (Å²) in [5.74, 6) is -0.500. The maximum atomic E-state index is 13.5. The zero-order valence-electron chi connectivity index (χ0n) is 10.3. The number of nitrogens with one attached hydrogen (secondary N) is 1. The summed E-state index contributed by atoms with van der Waals surface area (Å²) in [7, 11) is 0. The van der Waals surface area contributed by atoms with Crippen molar-refractivity contribution in [2.45, 2.75) is 13.8 Å². The predicted octanol–water partition coefficient (Wildman–Crippen LogP) is 3.43. The number of aryl methyl sites for hydroxylation is 2. The normalized spacial score (nSPS) is 11.2. The second-order valence-electron chi connectivity index (χ2n) is 4.41. The van der Waals surface area contributed by atoms with Crippen molar-refractivity contribution in [3.05, 3.63) is 40.4 Å². The molecule has 0 aliphatic carbocycles. The minimum Gasteiger partial charge on any atom is -0.260 e. The number of hydrogen-bond donors (Lipinski definition) is 1. The zero-order valence-corrected chi connectivity index (χ0v) is 11.1. The lowest BCUT2D eigenvalue weighted by Gasteiger charge is -2.03. The number of nitrogens with zero attached hydrogens (tertiary/aromatic N) is 3. The number of aromatic amines is 1. The molecule has 3 aromatic heterocycles. The lowest BCUT2D eigenvalue weighted by molar-refractivity contribution is 0.613. The van der Waals surface area contributed by atoms with Gasteiger partial charge in [0.15, 0.2) is 16.6 Å². The van der Waals surface area contributed by atoms with E-state index >= 15 is 0 Å². The van der Waals surface area contributed by atoms with Crippen molar-refractivity contribution >= 4 is 22.6 Å². The highest BCUT2D eigenvalue weighted by Crippen LogP contribution is 2.27. The third-order valence-corrected chi connectivity index (χ3v) is 3.15. The quantitative estimate of drug-likeness (QED) is 0.693. The molecule has 0 spiro atoms. The molecule has 3 heterocycles. The molecule has 0 radical (unpaired) electrons. The second kappa shape index (κ2) is 4.28. The van der Waals surface area contributed by atoms with E-state index in [9.17, 15) is 4.39 Å². The summed E-state index contributed by atoms with van der Waals surface area (Å²) < 4.78 is 13.5. The Bertz CT molecular complexity index is 758. The molecule has 0 aromatic carbocycles. The molecule has 0 amide bonds. The first-order chi connectivity index (χ1) is 9.06. The van der Waals surface area contributed by atoms with Crippen molar-refractivity contribution < 1.29 is 4.39 Å². The van der Waals surface area contributed by atoms with Crippen LogP contribution in [-0.4, -0.2) is 20.2 Å². The Hall–Kier alpha value is -2.01. The van der Waals surface area contributed by atoms with Crippen LogP contribution in [0.2, 0.25) is 5.15 Å². The summed E-state index contributed by atoms with van der Waals surface area (Å²) in [5.41, 5.74) is 3.27. The molecule has 0 unspecified atom stereocenters. The Morgan fingerprint density at radius 2 is 2.05 bits per heavy atom. The molecule has 0 fully saturated rings. The SMILES string of the molecule is Cc1cnc2[nH]nc(-c3cc(C)c(F)c(Cl)n3)c2c1. The molecule has 19 heavy (non-hydrogen) atoms. The molecular formula is C13H10ClFN4. The summed E-state index contributed by atoms with van der Waals surface area (Å²) >= 11 is 5.78. The maximum Gasteiger partial charge on any atom is 0.165 e. The Balaban J connectivity index is 2.27. The van der Waals surface area contributed by atoms with Crippen LogP contribution in [0.3, 0.4) is 0 Å². The molecule has 0 bridgehead atoms. The van der Waals surface area contributed by atoms with Gasteiger partial charge in [-0.3, -0.25) is 5.10 Å². The Morgan fingerprint density at radius 1 is 1.26 bits per heavy atom. The largest absolute Gasteiger partial charge is 0.260 e. The van der Waals surface area contributed by atoms with Gasteiger partial charge in [-0.1, -0.05) is 11.6 Å². The molecule has 4 nitrogen and oxygen atoms in total. The Morgan fingerprint density at radius 3 is 2.79 bits per heavy atom. The van der Waals surface area contributed by atoms with Gasteiger partial charge in [-0.05, 0) is 37.1 Å². The molecule has 0 aliphatic rings. The van der Waals surface area contributed by atoms with E-state index in [2.05, 4.69) is 20.2 Å². The molecule has 0 aliphatic heterocycles. The molecule has 3 rings (SSSR count). The summed E-state index contributed by atoms with van der Waals surface area (Å²) in [4.78, 5) is 8.27. The number of rotatable bonds is 1. The Labute approximate surface area is 113 Å².